The number of rotatable bonds is 5. The first-order valence-electron chi connectivity index (χ1n) is 8.83. The van der Waals surface area contributed by atoms with Crippen LogP contribution in [-0.4, -0.2) is 41.0 Å². The van der Waals surface area contributed by atoms with Crippen molar-refractivity contribution >= 4 is 40.2 Å². The number of hydrogen-bond acceptors (Lipinski definition) is 6. The Kier molecular flexibility index (Phi) is 5.52. The number of hydrogen-bond donors (Lipinski definition) is 1. The van der Waals surface area contributed by atoms with E-state index in [2.05, 4.69) is 10.3 Å². The van der Waals surface area contributed by atoms with Crippen molar-refractivity contribution in [3.8, 4) is 11.3 Å². The van der Waals surface area contributed by atoms with Crippen molar-refractivity contribution in [3.05, 3.63) is 57.0 Å². The van der Waals surface area contributed by atoms with Gasteiger partial charge in [0.15, 0.2) is 0 Å². The lowest BCUT2D eigenvalue weighted by Crippen LogP contribution is -2.54. The van der Waals surface area contributed by atoms with E-state index >= 15 is 0 Å². The summed E-state index contributed by atoms with van der Waals surface area (Å²) < 4.78 is 5.34. The molecule has 8 heteroatoms. The number of carbonyl (C=O) groups excluding carboxylic acids is 2. The predicted molar refractivity (Wildman–Crippen MR) is 110 cm³/mol. The van der Waals surface area contributed by atoms with Crippen LogP contribution in [0, 0.1) is 6.92 Å². The molecule has 1 atom stereocenters. The van der Waals surface area contributed by atoms with Gasteiger partial charge in [0.2, 0.25) is 11.8 Å². The molecule has 1 fully saturated rings. The van der Waals surface area contributed by atoms with Gasteiger partial charge in [-0.1, -0.05) is 18.2 Å². The van der Waals surface area contributed by atoms with Crippen LogP contribution in [-0.2, 0) is 20.9 Å². The highest BCUT2D eigenvalue weighted by Crippen LogP contribution is 2.25. The van der Waals surface area contributed by atoms with Gasteiger partial charge < -0.3 is 15.0 Å². The van der Waals surface area contributed by atoms with E-state index in [4.69, 9.17) is 4.74 Å². The number of carbonyl (C=O) groups is 2. The highest BCUT2D eigenvalue weighted by atomic mass is 32.1. The van der Waals surface area contributed by atoms with E-state index in [1.54, 1.807) is 27.6 Å². The summed E-state index contributed by atoms with van der Waals surface area (Å²) in [5.41, 5.74) is 2.49. The van der Waals surface area contributed by atoms with Gasteiger partial charge in [0.25, 0.3) is 0 Å². The number of nitrogens with one attached hydrogen (secondary N) is 1. The van der Waals surface area contributed by atoms with Gasteiger partial charge in [-0.15, -0.1) is 22.7 Å². The smallest absolute Gasteiger partial charge is 0.249 e. The summed E-state index contributed by atoms with van der Waals surface area (Å²) >= 11 is 3.15. The molecule has 1 aliphatic rings. The highest BCUT2D eigenvalue weighted by molar-refractivity contribution is 7.10. The topological polar surface area (TPSA) is 71.5 Å². The molecule has 4 rings (SSSR count). The second-order valence-electron chi connectivity index (χ2n) is 6.45. The Morgan fingerprint density at radius 2 is 2.21 bits per heavy atom. The van der Waals surface area contributed by atoms with E-state index in [0.29, 0.717) is 12.2 Å². The van der Waals surface area contributed by atoms with Crippen molar-refractivity contribution in [2.24, 2.45) is 0 Å². The maximum atomic E-state index is 12.9. The molecule has 0 radical (unpaired) electrons. The van der Waals surface area contributed by atoms with E-state index in [-0.39, 0.29) is 25.0 Å². The number of morpholine rings is 1. The average Bonchev–Trinajstić information content (AvgIpc) is 3.35. The first-order valence-corrected chi connectivity index (χ1v) is 10.6. The number of aromatic nitrogens is 1. The van der Waals surface area contributed by atoms with Crippen LogP contribution in [0.25, 0.3) is 11.3 Å². The van der Waals surface area contributed by atoms with E-state index < -0.39 is 6.04 Å². The minimum Gasteiger partial charge on any atom is -0.369 e. The molecule has 144 valence electrons. The van der Waals surface area contributed by atoms with Gasteiger partial charge in [-0.05, 0) is 30.5 Å². The Balaban J connectivity index is 1.51. The largest absolute Gasteiger partial charge is 0.369 e. The summed E-state index contributed by atoms with van der Waals surface area (Å²) in [7, 11) is 0. The molecular formula is C20H19N3O3S2. The molecule has 6 nitrogen and oxygen atoms in total. The van der Waals surface area contributed by atoms with E-state index in [9.17, 15) is 9.59 Å². The quantitative estimate of drug-likeness (QED) is 0.694. The molecule has 1 N–H and O–H groups in total. The van der Waals surface area contributed by atoms with E-state index in [0.717, 1.165) is 21.1 Å². The summed E-state index contributed by atoms with van der Waals surface area (Å²) in [6.07, 6.45) is 0. The number of nitrogens with zero attached hydrogens (tertiary/aromatic N) is 2. The van der Waals surface area contributed by atoms with Crippen LogP contribution in [0.4, 0.5) is 5.69 Å². The fraction of sp³-hybridized carbons (Fsp3) is 0.250. The minimum atomic E-state index is -0.659. The third-order valence-corrected chi connectivity index (χ3v) is 6.09. The Morgan fingerprint density at radius 1 is 1.32 bits per heavy atom. The normalized spacial score (nSPS) is 17.0. The minimum absolute atomic E-state index is 0.00775. The number of anilines is 1. The van der Waals surface area contributed by atoms with Gasteiger partial charge in [-0.2, -0.15) is 0 Å². The Bertz CT molecular complexity index is 984. The van der Waals surface area contributed by atoms with Gasteiger partial charge in [0.05, 0.1) is 23.9 Å². The standard InChI is InChI=1S/C20H19N3O3S2/c1-13-21-17(12-28-13)14-4-2-5-15(8-14)22-20(25)18-10-26-11-19(24)23(18)9-16-6-3-7-27-16/h2-8,12,18H,9-11H2,1H3,(H,22,25)/t18-/m0/s1. The van der Waals surface area contributed by atoms with E-state index in [1.165, 1.54) is 0 Å². The number of benzene rings is 1. The molecule has 1 saturated heterocycles. The van der Waals surface area contributed by atoms with Crippen molar-refractivity contribution in [2.45, 2.75) is 19.5 Å². The molecule has 2 amide bonds. The molecule has 0 saturated carbocycles. The lowest BCUT2D eigenvalue weighted by Gasteiger charge is -2.34. The molecular weight excluding hydrogens is 394 g/mol. The zero-order valence-corrected chi connectivity index (χ0v) is 16.9. The van der Waals surface area contributed by atoms with Crippen LogP contribution in [0.3, 0.4) is 0 Å². The van der Waals surface area contributed by atoms with Crippen molar-refractivity contribution in [2.75, 3.05) is 18.5 Å². The number of thiazole rings is 1. The Labute approximate surface area is 170 Å². The fourth-order valence-electron chi connectivity index (χ4n) is 3.07. The van der Waals surface area contributed by atoms with Crippen LogP contribution >= 0.6 is 22.7 Å². The molecule has 28 heavy (non-hydrogen) atoms. The van der Waals surface area contributed by atoms with Crippen molar-refractivity contribution in [1.29, 1.82) is 0 Å². The number of thiophene rings is 1. The molecule has 0 bridgehead atoms. The molecule has 0 aliphatic carbocycles. The van der Waals surface area contributed by atoms with Crippen molar-refractivity contribution in [3.63, 3.8) is 0 Å². The molecule has 0 spiro atoms. The monoisotopic (exact) mass is 413 g/mol. The number of ether oxygens (including phenoxy) is 1. The van der Waals surface area contributed by atoms with Gasteiger partial charge in [0.1, 0.15) is 12.6 Å². The van der Waals surface area contributed by atoms with E-state index in [1.807, 2.05) is 54.1 Å². The predicted octanol–water partition coefficient (Wildman–Crippen LogP) is 3.55. The van der Waals surface area contributed by atoms with Gasteiger partial charge in [-0.25, -0.2) is 4.98 Å². The maximum absolute atomic E-state index is 12.9. The molecule has 1 aromatic carbocycles. The van der Waals surface area contributed by atoms with Gasteiger partial charge in [-0.3, -0.25) is 9.59 Å². The third-order valence-electron chi connectivity index (χ3n) is 4.45. The first-order chi connectivity index (χ1) is 13.6. The van der Waals surface area contributed by atoms with Crippen LogP contribution in [0.15, 0.2) is 47.2 Å². The average molecular weight is 414 g/mol. The van der Waals surface area contributed by atoms with Crippen LogP contribution in [0.5, 0.6) is 0 Å². The summed E-state index contributed by atoms with van der Waals surface area (Å²) in [4.78, 5) is 32.4. The molecule has 3 heterocycles. The van der Waals surface area contributed by atoms with Crippen LogP contribution < -0.4 is 5.32 Å². The van der Waals surface area contributed by atoms with Crippen molar-refractivity contribution < 1.29 is 14.3 Å². The summed E-state index contributed by atoms with van der Waals surface area (Å²) in [5.74, 6) is -0.428. The van der Waals surface area contributed by atoms with Gasteiger partial charge >= 0.3 is 0 Å². The van der Waals surface area contributed by atoms with Crippen molar-refractivity contribution in [1.82, 2.24) is 9.88 Å². The highest BCUT2D eigenvalue weighted by Gasteiger charge is 2.34. The van der Waals surface area contributed by atoms with Gasteiger partial charge in [0, 0.05) is 21.5 Å². The number of amides is 2. The summed E-state index contributed by atoms with van der Waals surface area (Å²) in [5, 5.41) is 7.87. The zero-order valence-electron chi connectivity index (χ0n) is 15.3. The molecule has 2 aromatic heterocycles. The zero-order chi connectivity index (χ0) is 19.5. The summed E-state index contributed by atoms with van der Waals surface area (Å²) in [6, 6.07) is 10.8. The first kappa shape index (κ1) is 18.8. The lowest BCUT2D eigenvalue weighted by atomic mass is 10.1. The SMILES string of the molecule is Cc1nc(-c2cccc(NC(=O)[C@@H]3COCC(=O)N3Cc3cccs3)c2)cs1. The Morgan fingerprint density at radius 3 is 2.96 bits per heavy atom. The second kappa shape index (κ2) is 8.22. The van der Waals surface area contributed by atoms with Crippen LogP contribution in [0.1, 0.15) is 9.88 Å². The molecule has 1 aliphatic heterocycles. The lowest BCUT2D eigenvalue weighted by molar-refractivity contribution is -0.153. The maximum Gasteiger partial charge on any atom is 0.249 e. The number of aryl methyl sites for hydroxylation is 1. The summed E-state index contributed by atoms with van der Waals surface area (Å²) in [6.45, 7) is 2.57. The molecule has 3 aromatic rings. The third kappa shape index (κ3) is 4.14. The van der Waals surface area contributed by atoms with Crippen LogP contribution in [0.2, 0.25) is 0 Å². The fourth-order valence-corrected chi connectivity index (χ4v) is 4.39. The Hall–Kier alpha value is -2.55. The second-order valence-corrected chi connectivity index (χ2v) is 8.55. The molecule has 0 unspecified atom stereocenters.